The number of carbonyl (C=O) groups excluding carboxylic acids is 1. The molecule has 3 aromatic heterocycles. The van der Waals surface area contributed by atoms with E-state index in [1.54, 1.807) is 35.3 Å². The summed E-state index contributed by atoms with van der Waals surface area (Å²) in [6, 6.07) is 16.3. The number of amides is 1. The van der Waals surface area contributed by atoms with Crippen molar-refractivity contribution in [2.45, 2.75) is 6.54 Å². The Kier molecular flexibility index (Phi) is 5.22. The van der Waals surface area contributed by atoms with Gasteiger partial charge in [-0.3, -0.25) is 14.2 Å². The Hall–Kier alpha value is -3.71. The molecule has 1 aromatic carbocycles. The van der Waals surface area contributed by atoms with E-state index in [1.165, 1.54) is 17.4 Å². The zero-order valence-electron chi connectivity index (χ0n) is 15.5. The Morgan fingerprint density at radius 1 is 1.10 bits per heavy atom. The van der Waals surface area contributed by atoms with Gasteiger partial charge in [0.25, 0.3) is 11.5 Å². The third-order valence-corrected chi connectivity index (χ3v) is 5.45. The van der Waals surface area contributed by atoms with Crippen molar-refractivity contribution in [3.8, 4) is 11.4 Å². The van der Waals surface area contributed by atoms with Gasteiger partial charge >= 0.3 is 0 Å². The second kappa shape index (κ2) is 8.12. The zero-order valence-corrected chi connectivity index (χ0v) is 16.3. The van der Waals surface area contributed by atoms with Gasteiger partial charge in [-0.2, -0.15) is 0 Å². The van der Waals surface area contributed by atoms with Crippen molar-refractivity contribution in [3.05, 3.63) is 106 Å². The van der Waals surface area contributed by atoms with Crippen LogP contribution in [0.25, 0.3) is 17.5 Å². The predicted molar refractivity (Wildman–Crippen MR) is 115 cm³/mol. The number of rotatable bonds is 6. The number of benzene rings is 1. The summed E-state index contributed by atoms with van der Waals surface area (Å²) >= 11 is 1.40. The highest BCUT2D eigenvalue weighted by atomic mass is 32.1. The van der Waals surface area contributed by atoms with Crippen molar-refractivity contribution in [3.63, 3.8) is 0 Å². The third-order valence-electron chi connectivity index (χ3n) is 4.37. The molecule has 0 spiro atoms. The van der Waals surface area contributed by atoms with Gasteiger partial charge in [-0.25, -0.2) is 4.98 Å². The van der Waals surface area contributed by atoms with E-state index in [0.717, 1.165) is 21.9 Å². The van der Waals surface area contributed by atoms with Crippen molar-refractivity contribution in [2.75, 3.05) is 0 Å². The number of thiophene rings is 1. The first-order valence-corrected chi connectivity index (χ1v) is 9.77. The molecule has 0 fully saturated rings. The van der Waals surface area contributed by atoms with Crippen molar-refractivity contribution >= 4 is 23.3 Å². The van der Waals surface area contributed by atoms with Crippen molar-refractivity contribution < 1.29 is 4.79 Å². The highest BCUT2D eigenvalue weighted by Gasteiger charge is 2.09. The van der Waals surface area contributed by atoms with E-state index >= 15 is 0 Å². The Labute approximate surface area is 171 Å². The average molecular weight is 402 g/mol. The van der Waals surface area contributed by atoms with Crippen molar-refractivity contribution in [1.29, 1.82) is 0 Å². The van der Waals surface area contributed by atoms with Crippen LogP contribution in [0, 0.1) is 0 Å². The van der Waals surface area contributed by atoms with Gasteiger partial charge in [0, 0.05) is 34.7 Å². The molecule has 0 radical (unpaired) electrons. The van der Waals surface area contributed by atoms with E-state index in [2.05, 4.69) is 16.9 Å². The van der Waals surface area contributed by atoms with Crippen LogP contribution < -0.4 is 10.9 Å². The smallest absolute Gasteiger partial charge is 0.261 e. The molecule has 144 valence electrons. The van der Waals surface area contributed by atoms with Crippen molar-refractivity contribution in [1.82, 2.24) is 19.4 Å². The Morgan fingerprint density at radius 3 is 2.62 bits per heavy atom. The largest absolute Gasteiger partial charge is 0.346 e. The lowest BCUT2D eigenvalue weighted by molar-refractivity contribution is 0.0954. The van der Waals surface area contributed by atoms with Gasteiger partial charge in [-0.15, -0.1) is 11.3 Å². The number of hydrogen-bond acceptors (Lipinski definition) is 4. The molecule has 29 heavy (non-hydrogen) atoms. The second-order valence-corrected chi connectivity index (χ2v) is 7.40. The SMILES string of the molecule is C=Cc1ccc(C(=O)NCc2cn(-c3ccc(-n4ccccc4=O)cc3)cn2)s1. The summed E-state index contributed by atoms with van der Waals surface area (Å²) in [5, 5.41) is 2.88. The van der Waals surface area contributed by atoms with Crippen LogP contribution in [-0.4, -0.2) is 20.0 Å². The fourth-order valence-corrected chi connectivity index (χ4v) is 3.64. The molecule has 4 aromatic rings. The average Bonchev–Trinajstić information content (AvgIpc) is 3.42. The minimum Gasteiger partial charge on any atom is -0.346 e. The molecule has 3 heterocycles. The summed E-state index contributed by atoms with van der Waals surface area (Å²) in [7, 11) is 0. The predicted octanol–water partition coefficient (Wildman–Crippen LogP) is 3.66. The minimum atomic E-state index is -0.129. The Balaban J connectivity index is 1.43. The van der Waals surface area contributed by atoms with Crippen LogP contribution in [0.5, 0.6) is 0 Å². The number of carbonyl (C=O) groups is 1. The van der Waals surface area contributed by atoms with Crippen molar-refractivity contribution in [2.24, 2.45) is 0 Å². The third kappa shape index (κ3) is 4.09. The summed E-state index contributed by atoms with van der Waals surface area (Å²) in [6.07, 6.45) is 7.03. The molecule has 1 amide bonds. The minimum absolute atomic E-state index is 0.0770. The van der Waals surface area contributed by atoms with E-state index in [0.29, 0.717) is 11.4 Å². The molecule has 0 saturated heterocycles. The summed E-state index contributed by atoms with van der Waals surface area (Å²) in [4.78, 5) is 30.1. The fraction of sp³-hybridized carbons (Fsp3) is 0.0455. The first-order chi connectivity index (χ1) is 14.1. The van der Waals surface area contributed by atoms with Crippen LogP contribution >= 0.6 is 11.3 Å². The Morgan fingerprint density at radius 2 is 1.90 bits per heavy atom. The summed E-state index contributed by atoms with van der Waals surface area (Å²) in [6.45, 7) is 4.04. The number of pyridine rings is 1. The van der Waals surface area contributed by atoms with E-state index in [9.17, 15) is 9.59 Å². The highest BCUT2D eigenvalue weighted by molar-refractivity contribution is 7.14. The number of hydrogen-bond donors (Lipinski definition) is 1. The van der Waals surface area contributed by atoms with E-state index in [4.69, 9.17) is 0 Å². The monoisotopic (exact) mass is 402 g/mol. The van der Waals surface area contributed by atoms with Gasteiger partial charge in [-0.1, -0.05) is 18.7 Å². The molecular formula is C22H18N4O2S. The molecule has 0 atom stereocenters. The molecule has 0 bridgehead atoms. The van der Waals surface area contributed by atoms with E-state index in [1.807, 2.05) is 47.2 Å². The standard InChI is InChI=1S/C22H18N4O2S/c1-2-19-10-11-20(29-19)22(28)23-13-16-14-25(15-24-16)17-6-8-18(9-7-17)26-12-4-3-5-21(26)27/h2-12,14-15H,1,13H2,(H,23,28). The number of imidazole rings is 1. The summed E-state index contributed by atoms with van der Waals surface area (Å²) in [5.74, 6) is -0.129. The lowest BCUT2D eigenvalue weighted by Gasteiger charge is -2.07. The topological polar surface area (TPSA) is 68.9 Å². The molecule has 6 nitrogen and oxygen atoms in total. The van der Waals surface area contributed by atoms with Crippen LogP contribution in [-0.2, 0) is 6.54 Å². The normalized spacial score (nSPS) is 10.6. The maximum atomic E-state index is 12.2. The fourth-order valence-electron chi connectivity index (χ4n) is 2.86. The van der Waals surface area contributed by atoms with Gasteiger partial charge in [0.1, 0.15) is 0 Å². The summed E-state index contributed by atoms with van der Waals surface area (Å²) < 4.78 is 3.46. The van der Waals surface area contributed by atoms with Gasteiger partial charge in [-0.05, 0) is 42.5 Å². The molecule has 4 rings (SSSR count). The maximum absolute atomic E-state index is 12.2. The molecule has 1 N–H and O–H groups in total. The van der Waals surface area contributed by atoms with Gasteiger partial charge < -0.3 is 9.88 Å². The van der Waals surface area contributed by atoms with E-state index in [-0.39, 0.29) is 11.5 Å². The molecule has 7 heteroatoms. The molecule has 0 aliphatic heterocycles. The van der Waals surface area contributed by atoms with Gasteiger partial charge in [0.2, 0.25) is 0 Å². The first-order valence-electron chi connectivity index (χ1n) is 8.96. The molecule has 0 aliphatic carbocycles. The first kappa shape index (κ1) is 18.6. The van der Waals surface area contributed by atoms with Crippen LogP contribution in [0.3, 0.4) is 0 Å². The highest BCUT2D eigenvalue weighted by Crippen LogP contribution is 2.17. The van der Waals surface area contributed by atoms with Crippen LogP contribution in [0.1, 0.15) is 20.2 Å². The molecule has 0 saturated carbocycles. The van der Waals surface area contributed by atoms with Gasteiger partial charge in [0.15, 0.2) is 0 Å². The van der Waals surface area contributed by atoms with E-state index < -0.39 is 0 Å². The molecule has 0 unspecified atom stereocenters. The Bertz CT molecular complexity index is 1220. The zero-order chi connectivity index (χ0) is 20.2. The number of nitrogens with zero attached hydrogens (tertiary/aromatic N) is 3. The quantitative estimate of drug-likeness (QED) is 0.535. The van der Waals surface area contributed by atoms with Gasteiger partial charge in [0.05, 0.1) is 23.4 Å². The maximum Gasteiger partial charge on any atom is 0.261 e. The van der Waals surface area contributed by atoms with Crippen LogP contribution in [0.15, 0.2) is 84.7 Å². The van der Waals surface area contributed by atoms with Crippen LogP contribution in [0.2, 0.25) is 0 Å². The molecular weight excluding hydrogens is 384 g/mol. The number of aromatic nitrogens is 3. The lowest BCUT2D eigenvalue weighted by atomic mass is 10.2. The summed E-state index contributed by atoms with van der Waals surface area (Å²) in [5.41, 5.74) is 2.38. The van der Waals surface area contributed by atoms with Crippen LogP contribution in [0.4, 0.5) is 0 Å². The second-order valence-electron chi connectivity index (χ2n) is 6.29. The number of nitrogens with one attached hydrogen (secondary N) is 1. The lowest BCUT2D eigenvalue weighted by Crippen LogP contribution is -2.21. The molecule has 0 aliphatic rings.